The third-order valence-electron chi connectivity index (χ3n) is 4.25. The fourth-order valence-electron chi connectivity index (χ4n) is 2.91. The standard InChI is InChI=1S/C18H20BrFN2O/c19-15-7-5-14(6-8-15)18(23)13-21-9-11-22(12-10-21)17-4-2-1-3-16(17)20/h1-8,18,23H,9-13H2/t18-/m1/s1. The van der Waals surface area contributed by atoms with Crippen LogP contribution in [0, 0.1) is 5.82 Å². The van der Waals surface area contributed by atoms with Crippen LogP contribution in [0.15, 0.2) is 53.0 Å². The predicted octanol–water partition coefficient (Wildman–Crippen LogP) is 3.44. The van der Waals surface area contributed by atoms with Crippen LogP contribution in [0.3, 0.4) is 0 Å². The second-order valence-corrected chi connectivity index (χ2v) is 6.72. The van der Waals surface area contributed by atoms with Gasteiger partial charge in [-0.15, -0.1) is 0 Å². The van der Waals surface area contributed by atoms with Crippen LogP contribution in [0.1, 0.15) is 11.7 Å². The van der Waals surface area contributed by atoms with E-state index >= 15 is 0 Å². The largest absolute Gasteiger partial charge is 0.387 e. The lowest BCUT2D eigenvalue weighted by Crippen LogP contribution is -2.47. The molecule has 0 amide bonds. The van der Waals surface area contributed by atoms with E-state index in [0.717, 1.165) is 36.2 Å². The van der Waals surface area contributed by atoms with Crippen molar-refractivity contribution in [3.8, 4) is 0 Å². The highest BCUT2D eigenvalue weighted by atomic mass is 79.9. The Labute approximate surface area is 144 Å². The Balaban J connectivity index is 1.55. The van der Waals surface area contributed by atoms with Crippen molar-refractivity contribution in [2.75, 3.05) is 37.6 Å². The van der Waals surface area contributed by atoms with Crippen molar-refractivity contribution in [1.29, 1.82) is 0 Å². The Morgan fingerprint density at radius 2 is 1.65 bits per heavy atom. The molecule has 122 valence electrons. The molecular formula is C18H20BrFN2O. The fraction of sp³-hybridized carbons (Fsp3) is 0.333. The molecule has 1 saturated heterocycles. The molecule has 1 atom stereocenters. The SMILES string of the molecule is O[C@H](CN1CCN(c2ccccc2F)CC1)c1ccc(Br)cc1. The van der Waals surface area contributed by atoms with Crippen LogP contribution in [0.25, 0.3) is 0 Å². The van der Waals surface area contributed by atoms with E-state index in [-0.39, 0.29) is 5.82 Å². The van der Waals surface area contributed by atoms with Crippen molar-refractivity contribution in [1.82, 2.24) is 4.90 Å². The van der Waals surface area contributed by atoms with Gasteiger partial charge in [0.25, 0.3) is 0 Å². The number of β-amino-alcohol motifs (C(OH)–C–C–N with tert-alkyl or cyclic N) is 1. The molecule has 3 nitrogen and oxygen atoms in total. The molecule has 3 rings (SSSR count). The Morgan fingerprint density at radius 3 is 2.30 bits per heavy atom. The highest BCUT2D eigenvalue weighted by Crippen LogP contribution is 2.22. The molecule has 0 saturated carbocycles. The van der Waals surface area contributed by atoms with Gasteiger partial charge in [-0.05, 0) is 29.8 Å². The lowest BCUT2D eigenvalue weighted by Gasteiger charge is -2.37. The summed E-state index contributed by atoms with van der Waals surface area (Å²) in [6.45, 7) is 3.79. The first kappa shape index (κ1) is 16.4. The molecule has 2 aromatic carbocycles. The molecule has 0 aliphatic carbocycles. The van der Waals surface area contributed by atoms with E-state index < -0.39 is 6.10 Å². The van der Waals surface area contributed by atoms with Crippen LogP contribution >= 0.6 is 15.9 Å². The van der Waals surface area contributed by atoms with Gasteiger partial charge in [-0.2, -0.15) is 0 Å². The van der Waals surface area contributed by atoms with Gasteiger partial charge in [0.15, 0.2) is 0 Å². The highest BCUT2D eigenvalue weighted by molar-refractivity contribution is 9.10. The summed E-state index contributed by atoms with van der Waals surface area (Å²) >= 11 is 3.40. The van der Waals surface area contributed by atoms with Crippen molar-refractivity contribution >= 4 is 21.6 Å². The number of hydrogen-bond acceptors (Lipinski definition) is 3. The molecule has 23 heavy (non-hydrogen) atoms. The third-order valence-corrected chi connectivity index (χ3v) is 4.78. The molecule has 0 radical (unpaired) electrons. The molecule has 0 bridgehead atoms. The van der Waals surface area contributed by atoms with E-state index in [1.807, 2.05) is 36.4 Å². The zero-order valence-corrected chi connectivity index (χ0v) is 14.4. The first-order chi connectivity index (χ1) is 11.1. The first-order valence-electron chi connectivity index (χ1n) is 7.79. The number of piperazine rings is 1. The quantitative estimate of drug-likeness (QED) is 0.882. The molecule has 1 aliphatic rings. The van der Waals surface area contributed by atoms with Gasteiger partial charge in [-0.3, -0.25) is 4.90 Å². The number of rotatable bonds is 4. The van der Waals surface area contributed by atoms with Crippen LogP contribution in [0.5, 0.6) is 0 Å². The maximum Gasteiger partial charge on any atom is 0.146 e. The molecule has 1 N–H and O–H groups in total. The van der Waals surface area contributed by atoms with Gasteiger partial charge in [0.2, 0.25) is 0 Å². The zero-order chi connectivity index (χ0) is 16.2. The number of nitrogens with zero attached hydrogens (tertiary/aromatic N) is 2. The minimum Gasteiger partial charge on any atom is -0.387 e. The summed E-state index contributed by atoms with van der Waals surface area (Å²) in [6, 6.07) is 14.6. The summed E-state index contributed by atoms with van der Waals surface area (Å²) < 4.78 is 14.8. The summed E-state index contributed by atoms with van der Waals surface area (Å²) in [4.78, 5) is 4.29. The van der Waals surface area contributed by atoms with Crippen LogP contribution in [0.4, 0.5) is 10.1 Å². The fourth-order valence-corrected chi connectivity index (χ4v) is 3.18. The maximum atomic E-state index is 13.8. The number of halogens is 2. The van der Waals surface area contributed by atoms with Crippen LogP contribution in [0.2, 0.25) is 0 Å². The molecule has 5 heteroatoms. The van der Waals surface area contributed by atoms with Crippen LogP contribution in [-0.4, -0.2) is 42.7 Å². The maximum absolute atomic E-state index is 13.8. The van der Waals surface area contributed by atoms with Gasteiger partial charge >= 0.3 is 0 Å². The van der Waals surface area contributed by atoms with E-state index in [9.17, 15) is 9.50 Å². The van der Waals surface area contributed by atoms with E-state index in [1.54, 1.807) is 6.07 Å². The first-order valence-corrected chi connectivity index (χ1v) is 8.58. The van der Waals surface area contributed by atoms with Gasteiger partial charge < -0.3 is 10.0 Å². The van der Waals surface area contributed by atoms with E-state index in [1.165, 1.54) is 6.07 Å². The van der Waals surface area contributed by atoms with Crippen molar-refractivity contribution in [3.63, 3.8) is 0 Å². The second-order valence-electron chi connectivity index (χ2n) is 5.81. The van der Waals surface area contributed by atoms with E-state index in [4.69, 9.17) is 0 Å². The third kappa shape index (κ3) is 4.10. The summed E-state index contributed by atoms with van der Waals surface area (Å²) in [5, 5.41) is 10.4. The van der Waals surface area contributed by atoms with Gasteiger partial charge in [-0.25, -0.2) is 4.39 Å². The minimum absolute atomic E-state index is 0.171. The topological polar surface area (TPSA) is 26.7 Å². The second kappa shape index (κ2) is 7.43. The number of aliphatic hydroxyl groups is 1. The van der Waals surface area contributed by atoms with Crippen LogP contribution in [-0.2, 0) is 0 Å². The average molecular weight is 379 g/mol. The molecule has 1 heterocycles. The predicted molar refractivity (Wildman–Crippen MR) is 94.2 cm³/mol. The Bertz CT molecular complexity index is 642. The number of para-hydroxylation sites is 1. The summed E-state index contributed by atoms with van der Waals surface area (Å²) in [7, 11) is 0. The molecule has 0 unspecified atom stereocenters. The molecule has 2 aromatic rings. The van der Waals surface area contributed by atoms with Gasteiger partial charge in [0.05, 0.1) is 11.8 Å². The van der Waals surface area contributed by atoms with Gasteiger partial charge in [-0.1, -0.05) is 40.2 Å². The van der Waals surface area contributed by atoms with Crippen molar-refractivity contribution < 1.29 is 9.50 Å². The lowest BCUT2D eigenvalue weighted by atomic mass is 10.1. The Kier molecular flexibility index (Phi) is 5.30. The number of benzene rings is 2. The smallest absolute Gasteiger partial charge is 0.146 e. The molecule has 1 aliphatic heterocycles. The van der Waals surface area contributed by atoms with Crippen molar-refractivity contribution in [2.24, 2.45) is 0 Å². The average Bonchev–Trinajstić information content (AvgIpc) is 2.57. The monoisotopic (exact) mass is 378 g/mol. The summed E-state index contributed by atoms with van der Waals surface area (Å²) in [5.74, 6) is -0.171. The Hall–Kier alpha value is -1.43. The van der Waals surface area contributed by atoms with Crippen molar-refractivity contribution in [3.05, 3.63) is 64.4 Å². The van der Waals surface area contributed by atoms with Crippen LogP contribution < -0.4 is 4.90 Å². The van der Waals surface area contributed by atoms with E-state index in [2.05, 4.69) is 25.7 Å². The molecular weight excluding hydrogens is 359 g/mol. The van der Waals surface area contributed by atoms with Gasteiger partial charge in [0, 0.05) is 37.2 Å². The summed E-state index contributed by atoms with van der Waals surface area (Å²) in [6.07, 6.45) is -0.497. The number of aliphatic hydroxyl groups excluding tert-OH is 1. The molecule has 0 spiro atoms. The molecule has 0 aromatic heterocycles. The number of anilines is 1. The van der Waals surface area contributed by atoms with Gasteiger partial charge in [0.1, 0.15) is 5.82 Å². The lowest BCUT2D eigenvalue weighted by molar-refractivity contribution is 0.109. The number of hydrogen-bond donors (Lipinski definition) is 1. The normalized spacial score (nSPS) is 17.3. The van der Waals surface area contributed by atoms with Crippen molar-refractivity contribution in [2.45, 2.75) is 6.10 Å². The highest BCUT2D eigenvalue weighted by Gasteiger charge is 2.21. The minimum atomic E-state index is -0.497. The zero-order valence-electron chi connectivity index (χ0n) is 12.8. The molecule has 1 fully saturated rings. The Morgan fingerprint density at radius 1 is 1.00 bits per heavy atom. The summed E-state index contributed by atoms with van der Waals surface area (Å²) in [5.41, 5.74) is 1.59. The van der Waals surface area contributed by atoms with E-state index in [0.29, 0.717) is 12.2 Å².